The summed E-state index contributed by atoms with van der Waals surface area (Å²) in [6.07, 6.45) is 1.25. The third kappa shape index (κ3) is 1.92. The molecule has 0 saturated heterocycles. The molecule has 0 spiro atoms. The summed E-state index contributed by atoms with van der Waals surface area (Å²) in [6, 6.07) is 6.71. The highest BCUT2D eigenvalue weighted by atomic mass is 35.5. The number of hydrogen-bond donors (Lipinski definition) is 1. The first-order chi connectivity index (χ1) is 7.58. The van der Waals surface area contributed by atoms with Crippen molar-refractivity contribution in [3.05, 3.63) is 41.1 Å². The van der Waals surface area contributed by atoms with Gasteiger partial charge in [0.15, 0.2) is 0 Å². The molecule has 0 bridgehead atoms. The highest BCUT2D eigenvalue weighted by Crippen LogP contribution is 2.26. The van der Waals surface area contributed by atoms with Crippen molar-refractivity contribution in [1.29, 1.82) is 0 Å². The Morgan fingerprint density at radius 2 is 2.19 bits per heavy atom. The SMILES string of the molecule is O=C(O)C1=CN(c2cccc(Cl)c2)C(=O)C1. The summed E-state index contributed by atoms with van der Waals surface area (Å²) in [5, 5.41) is 9.28. The summed E-state index contributed by atoms with van der Waals surface area (Å²) >= 11 is 5.79. The molecule has 1 aliphatic heterocycles. The van der Waals surface area contributed by atoms with E-state index in [1.165, 1.54) is 11.1 Å². The van der Waals surface area contributed by atoms with Crippen LogP contribution in [0.15, 0.2) is 36.0 Å². The zero-order valence-corrected chi connectivity index (χ0v) is 8.94. The number of carbonyl (C=O) groups excluding carboxylic acids is 1. The number of aliphatic carboxylic acids is 1. The van der Waals surface area contributed by atoms with Gasteiger partial charge in [-0.05, 0) is 18.2 Å². The molecule has 0 aromatic heterocycles. The van der Waals surface area contributed by atoms with Crippen LogP contribution in [0.2, 0.25) is 5.02 Å². The first-order valence-electron chi connectivity index (χ1n) is 4.59. The maximum absolute atomic E-state index is 11.6. The molecular weight excluding hydrogens is 230 g/mol. The standard InChI is InChI=1S/C11H8ClNO3/c12-8-2-1-3-9(5-8)13-6-7(11(15)16)4-10(13)14/h1-3,5-6H,4H2,(H,15,16). The van der Waals surface area contributed by atoms with E-state index in [1.807, 2.05) is 0 Å². The fraction of sp³-hybridized carbons (Fsp3) is 0.0909. The average Bonchev–Trinajstić information content (AvgIpc) is 2.60. The number of benzene rings is 1. The Balaban J connectivity index is 2.35. The molecule has 82 valence electrons. The third-order valence-electron chi connectivity index (χ3n) is 2.26. The smallest absolute Gasteiger partial charge is 0.333 e. The minimum Gasteiger partial charge on any atom is -0.478 e. The lowest BCUT2D eigenvalue weighted by Crippen LogP contribution is -2.19. The van der Waals surface area contributed by atoms with Gasteiger partial charge < -0.3 is 5.11 Å². The Bertz CT molecular complexity index is 496. The molecule has 0 fully saturated rings. The van der Waals surface area contributed by atoms with Crippen molar-refractivity contribution in [2.45, 2.75) is 6.42 Å². The molecule has 1 aromatic rings. The summed E-state index contributed by atoms with van der Waals surface area (Å²) in [7, 11) is 0. The predicted octanol–water partition coefficient (Wildman–Crippen LogP) is 2.05. The molecule has 1 aromatic carbocycles. The number of carboxylic acids is 1. The third-order valence-corrected chi connectivity index (χ3v) is 2.49. The highest BCUT2D eigenvalue weighted by molar-refractivity contribution is 6.31. The number of anilines is 1. The number of carbonyl (C=O) groups is 2. The van der Waals surface area contributed by atoms with E-state index in [0.29, 0.717) is 10.7 Å². The van der Waals surface area contributed by atoms with Gasteiger partial charge in [-0.15, -0.1) is 0 Å². The number of hydrogen-bond acceptors (Lipinski definition) is 2. The van der Waals surface area contributed by atoms with Crippen molar-refractivity contribution >= 4 is 29.2 Å². The molecule has 2 rings (SSSR count). The maximum atomic E-state index is 11.6. The van der Waals surface area contributed by atoms with Crippen LogP contribution in [0, 0.1) is 0 Å². The van der Waals surface area contributed by atoms with Crippen molar-refractivity contribution in [2.75, 3.05) is 4.90 Å². The monoisotopic (exact) mass is 237 g/mol. The van der Waals surface area contributed by atoms with Crippen LogP contribution in [0.5, 0.6) is 0 Å². The molecular formula is C11H8ClNO3. The van der Waals surface area contributed by atoms with Crippen LogP contribution in [0.3, 0.4) is 0 Å². The summed E-state index contributed by atoms with van der Waals surface area (Å²) < 4.78 is 0. The van der Waals surface area contributed by atoms with Crippen LogP contribution in [-0.4, -0.2) is 17.0 Å². The quantitative estimate of drug-likeness (QED) is 0.856. The van der Waals surface area contributed by atoms with Crippen molar-refractivity contribution < 1.29 is 14.7 Å². The van der Waals surface area contributed by atoms with Gasteiger partial charge in [0.05, 0.1) is 12.0 Å². The topological polar surface area (TPSA) is 57.6 Å². The molecule has 1 amide bonds. The second-order valence-electron chi connectivity index (χ2n) is 3.38. The van der Waals surface area contributed by atoms with Crippen molar-refractivity contribution in [3.63, 3.8) is 0 Å². The molecule has 0 atom stereocenters. The van der Waals surface area contributed by atoms with Gasteiger partial charge in [-0.25, -0.2) is 4.79 Å². The van der Waals surface area contributed by atoms with E-state index in [-0.39, 0.29) is 17.9 Å². The van der Waals surface area contributed by atoms with E-state index in [1.54, 1.807) is 24.3 Å². The second kappa shape index (κ2) is 3.98. The lowest BCUT2D eigenvalue weighted by molar-refractivity contribution is -0.133. The average molecular weight is 238 g/mol. The zero-order chi connectivity index (χ0) is 11.7. The minimum atomic E-state index is -1.07. The lowest BCUT2D eigenvalue weighted by atomic mass is 10.2. The minimum absolute atomic E-state index is 0.0815. The molecule has 16 heavy (non-hydrogen) atoms. The summed E-state index contributed by atoms with van der Waals surface area (Å²) in [5.41, 5.74) is 0.665. The number of rotatable bonds is 2. The van der Waals surface area contributed by atoms with Crippen molar-refractivity contribution in [1.82, 2.24) is 0 Å². The highest BCUT2D eigenvalue weighted by Gasteiger charge is 2.26. The maximum Gasteiger partial charge on any atom is 0.333 e. The molecule has 5 heteroatoms. The van der Waals surface area contributed by atoms with Gasteiger partial charge in [0.2, 0.25) is 5.91 Å². The van der Waals surface area contributed by atoms with Gasteiger partial charge in [0, 0.05) is 16.9 Å². The molecule has 1 N–H and O–H groups in total. The van der Waals surface area contributed by atoms with Crippen LogP contribution in [-0.2, 0) is 9.59 Å². The Kier molecular flexibility index (Phi) is 2.66. The van der Waals surface area contributed by atoms with Gasteiger partial charge in [0.25, 0.3) is 0 Å². The van der Waals surface area contributed by atoms with E-state index in [0.717, 1.165) is 0 Å². The number of carboxylic acid groups (broad SMARTS) is 1. The number of nitrogens with zero attached hydrogens (tertiary/aromatic N) is 1. The van der Waals surface area contributed by atoms with E-state index in [2.05, 4.69) is 0 Å². The number of halogens is 1. The van der Waals surface area contributed by atoms with Gasteiger partial charge in [-0.3, -0.25) is 9.69 Å². The second-order valence-corrected chi connectivity index (χ2v) is 3.82. The van der Waals surface area contributed by atoms with Crippen LogP contribution < -0.4 is 4.90 Å². The summed E-state index contributed by atoms with van der Waals surface area (Å²) in [5.74, 6) is -1.34. The van der Waals surface area contributed by atoms with Gasteiger partial charge in [0.1, 0.15) is 0 Å². The Hall–Kier alpha value is -1.81. The molecule has 1 aliphatic rings. The van der Waals surface area contributed by atoms with Crippen LogP contribution in [0.1, 0.15) is 6.42 Å². The normalized spacial score (nSPS) is 15.2. The molecule has 0 unspecified atom stereocenters. The van der Waals surface area contributed by atoms with Crippen molar-refractivity contribution in [3.8, 4) is 0 Å². The van der Waals surface area contributed by atoms with Gasteiger partial charge in [-0.1, -0.05) is 17.7 Å². The summed E-state index contributed by atoms with van der Waals surface area (Å²) in [6.45, 7) is 0. The lowest BCUT2D eigenvalue weighted by Gasteiger charge is -2.13. The van der Waals surface area contributed by atoms with E-state index < -0.39 is 5.97 Å². The van der Waals surface area contributed by atoms with E-state index >= 15 is 0 Å². The van der Waals surface area contributed by atoms with E-state index in [4.69, 9.17) is 16.7 Å². The van der Waals surface area contributed by atoms with E-state index in [9.17, 15) is 9.59 Å². The van der Waals surface area contributed by atoms with Crippen LogP contribution in [0.4, 0.5) is 5.69 Å². The number of amides is 1. The van der Waals surface area contributed by atoms with Crippen LogP contribution in [0.25, 0.3) is 0 Å². The first kappa shape index (κ1) is 10.7. The van der Waals surface area contributed by atoms with Gasteiger partial charge >= 0.3 is 5.97 Å². The Labute approximate surface area is 96.7 Å². The largest absolute Gasteiger partial charge is 0.478 e. The van der Waals surface area contributed by atoms with Crippen molar-refractivity contribution in [2.24, 2.45) is 0 Å². The predicted molar refractivity (Wildman–Crippen MR) is 59.3 cm³/mol. The molecule has 0 saturated carbocycles. The van der Waals surface area contributed by atoms with Crippen LogP contribution >= 0.6 is 11.6 Å². The molecule has 0 radical (unpaired) electrons. The Morgan fingerprint density at radius 3 is 2.75 bits per heavy atom. The first-order valence-corrected chi connectivity index (χ1v) is 4.97. The molecule has 0 aliphatic carbocycles. The Morgan fingerprint density at radius 1 is 1.44 bits per heavy atom. The fourth-order valence-electron chi connectivity index (χ4n) is 1.50. The molecule has 1 heterocycles. The van der Waals surface area contributed by atoms with Gasteiger partial charge in [-0.2, -0.15) is 0 Å². The fourth-order valence-corrected chi connectivity index (χ4v) is 1.68. The molecule has 4 nitrogen and oxygen atoms in total. The summed E-state index contributed by atoms with van der Waals surface area (Å²) in [4.78, 5) is 23.6. The zero-order valence-electron chi connectivity index (χ0n) is 8.18.